The molecule has 0 unspecified atom stereocenters. The minimum Gasteiger partial charge on any atom is -0.354 e. The molecule has 2 amide bonds. The van der Waals surface area contributed by atoms with Crippen molar-refractivity contribution in [2.45, 2.75) is 20.3 Å². The lowest BCUT2D eigenvalue weighted by atomic mass is 10.1. The van der Waals surface area contributed by atoms with Crippen LogP contribution in [0.1, 0.15) is 30.6 Å². The number of carbonyl (C=O) groups is 2. The van der Waals surface area contributed by atoms with Crippen LogP contribution in [0.25, 0.3) is 0 Å². The summed E-state index contributed by atoms with van der Waals surface area (Å²) in [4.78, 5) is 22.9. The molecule has 0 heterocycles. The molecule has 1 aromatic rings. The van der Waals surface area contributed by atoms with Crippen LogP contribution < -0.4 is 10.6 Å². The summed E-state index contributed by atoms with van der Waals surface area (Å²) < 4.78 is 39.1. The number of nitrogens with one attached hydrogen (secondary N) is 2. The van der Waals surface area contributed by atoms with Gasteiger partial charge in [-0.05, 0) is 18.1 Å². The van der Waals surface area contributed by atoms with E-state index in [4.69, 9.17) is 0 Å². The van der Waals surface area contributed by atoms with Gasteiger partial charge in [-0.25, -0.2) is 13.2 Å². The SMILES string of the molecule is CC(C)CC(=O)NCCNC(=O)c1ccc(F)c(F)c1F. The standard InChI is InChI=1S/C14H17F3N2O2/c1-8(2)7-11(20)18-5-6-19-14(21)9-3-4-10(15)13(17)12(9)16/h3-4,8H,5-7H2,1-2H3,(H,18,20)(H,19,21). The van der Waals surface area contributed by atoms with Crippen molar-refractivity contribution in [2.24, 2.45) is 5.92 Å². The maximum Gasteiger partial charge on any atom is 0.254 e. The van der Waals surface area contributed by atoms with Gasteiger partial charge in [0, 0.05) is 19.5 Å². The zero-order valence-electron chi connectivity index (χ0n) is 11.8. The molecular formula is C14H17F3N2O2. The summed E-state index contributed by atoms with van der Waals surface area (Å²) in [7, 11) is 0. The Morgan fingerprint density at radius 1 is 1.05 bits per heavy atom. The van der Waals surface area contributed by atoms with Crippen LogP contribution in [-0.4, -0.2) is 24.9 Å². The molecule has 21 heavy (non-hydrogen) atoms. The maximum absolute atomic E-state index is 13.3. The van der Waals surface area contributed by atoms with Crippen molar-refractivity contribution in [2.75, 3.05) is 13.1 Å². The fourth-order valence-electron chi connectivity index (χ4n) is 1.62. The van der Waals surface area contributed by atoms with Gasteiger partial charge in [-0.1, -0.05) is 13.8 Å². The van der Waals surface area contributed by atoms with Gasteiger partial charge < -0.3 is 10.6 Å². The largest absolute Gasteiger partial charge is 0.354 e. The summed E-state index contributed by atoms with van der Waals surface area (Å²) >= 11 is 0. The van der Waals surface area contributed by atoms with E-state index in [1.165, 1.54) is 0 Å². The molecule has 0 aromatic heterocycles. The van der Waals surface area contributed by atoms with E-state index in [-0.39, 0.29) is 24.9 Å². The topological polar surface area (TPSA) is 58.2 Å². The Labute approximate surface area is 120 Å². The number of hydrogen-bond donors (Lipinski definition) is 2. The Kier molecular flexibility index (Phi) is 6.20. The molecule has 2 N–H and O–H groups in total. The van der Waals surface area contributed by atoms with E-state index in [0.717, 1.165) is 6.07 Å². The molecule has 0 spiro atoms. The van der Waals surface area contributed by atoms with Crippen molar-refractivity contribution >= 4 is 11.8 Å². The van der Waals surface area contributed by atoms with Gasteiger partial charge in [-0.3, -0.25) is 9.59 Å². The minimum atomic E-state index is -1.69. The molecule has 0 aliphatic rings. The molecule has 1 aromatic carbocycles. The number of carbonyl (C=O) groups excluding carboxylic acids is 2. The van der Waals surface area contributed by atoms with E-state index in [0.29, 0.717) is 12.5 Å². The van der Waals surface area contributed by atoms with Crippen molar-refractivity contribution in [3.63, 3.8) is 0 Å². The summed E-state index contributed by atoms with van der Waals surface area (Å²) in [6.07, 6.45) is 0.367. The van der Waals surface area contributed by atoms with E-state index in [1.54, 1.807) is 0 Å². The average Bonchev–Trinajstić information content (AvgIpc) is 2.40. The Bertz CT molecular complexity index is 533. The first-order valence-corrected chi connectivity index (χ1v) is 6.51. The van der Waals surface area contributed by atoms with Gasteiger partial charge >= 0.3 is 0 Å². The third kappa shape index (κ3) is 5.09. The lowest BCUT2D eigenvalue weighted by Gasteiger charge is -2.09. The maximum atomic E-state index is 13.3. The lowest BCUT2D eigenvalue weighted by Crippen LogP contribution is -2.35. The van der Waals surface area contributed by atoms with E-state index >= 15 is 0 Å². The van der Waals surface area contributed by atoms with Gasteiger partial charge in [-0.2, -0.15) is 0 Å². The first-order valence-electron chi connectivity index (χ1n) is 6.51. The zero-order valence-corrected chi connectivity index (χ0v) is 11.8. The molecule has 7 heteroatoms. The van der Waals surface area contributed by atoms with Crippen LogP contribution in [0.3, 0.4) is 0 Å². The van der Waals surface area contributed by atoms with E-state index in [9.17, 15) is 22.8 Å². The highest BCUT2D eigenvalue weighted by Crippen LogP contribution is 2.14. The van der Waals surface area contributed by atoms with Crippen LogP contribution in [0.2, 0.25) is 0 Å². The van der Waals surface area contributed by atoms with Gasteiger partial charge in [0.1, 0.15) is 0 Å². The van der Waals surface area contributed by atoms with Crippen LogP contribution in [0.4, 0.5) is 13.2 Å². The molecule has 0 saturated carbocycles. The van der Waals surface area contributed by atoms with Crippen LogP contribution >= 0.6 is 0 Å². The Balaban J connectivity index is 2.45. The van der Waals surface area contributed by atoms with Crippen molar-refractivity contribution in [3.05, 3.63) is 35.1 Å². The molecule has 0 atom stereocenters. The number of benzene rings is 1. The molecule has 116 valence electrons. The minimum absolute atomic E-state index is 0.0567. The second-order valence-corrected chi connectivity index (χ2v) is 4.93. The lowest BCUT2D eigenvalue weighted by molar-refractivity contribution is -0.121. The zero-order chi connectivity index (χ0) is 16.0. The molecular weight excluding hydrogens is 285 g/mol. The summed E-state index contributed by atoms with van der Waals surface area (Å²) in [6, 6.07) is 1.54. The van der Waals surface area contributed by atoms with E-state index in [1.807, 2.05) is 13.8 Å². The molecule has 0 aliphatic heterocycles. The first kappa shape index (κ1) is 17.0. The third-order valence-corrected chi connectivity index (χ3v) is 2.61. The van der Waals surface area contributed by atoms with Crippen LogP contribution in [0.5, 0.6) is 0 Å². The summed E-state index contributed by atoms with van der Waals surface area (Å²) in [5, 5.41) is 4.89. The highest BCUT2D eigenvalue weighted by molar-refractivity contribution is 5.94. The third-order valence-electron chi connectivity index (χ3n) is 2.61. The smallest absolute Gasteiger partial charge is 0.254 e. The van der Waals surface area contributed by atoms with Crippen molar-refractivity contribution < 1.29 is 22.8 Å². The normalized spacial score (nSPS) is 10.6. The number of rotatable bonds is 6. The van der Waals surface area contributed by atoms with Gasteiger partial charge in [0.05, 0.1) is 5.56 Å². The molecule has 0 radical (unpaired) electrons. The van der Waals surface area contributed by atoms with Gasteiger partial charge in [0.15, 0.2) is 17.5 Å². The molecule has 0 fully saturated rings. The van der Waals surface area contributed by atoms with Gasteiger partial charge in [0.2, 0.25) is 5.91 Å². The summed E-state index contributed by atoms with van der Waals surface area (Å²) in [6.45, 7) is 4.02. The van der Waals surface area contributed by atoms with Crippen LogP contribution in [-0.2, 0) is 4.79 Å². The number of amides is 2. The Morgan fingerprint density at radius 2 is 1.67 bits per heavy atom. The highest BCUT2D eigenvalue weighted by atomic mass is 19.2. The number of hydrogen-bond acceptors (Lipinski definition) is 2. The second-order valence-electron chi connectivity index (χ2n) is 4.93. The summed E-state index contributed by atoms with van der Waals surface area (Å²) in [5.74, 6) is -5.38. The first-order chi connectivity index (χ1) is 9.82. The fourth-order valence-corrected chi connectivity index (χ4v) is 1.62. The van der Waals surface area contributed by atoms with Crippen LogP contribution in [0, 0.1) is 23.4 Å². The predicted octanol–water partition coefficient (Wildman–Crippen LogP) is 2.00. The van der Waals surface area contributed by atoms with Gasteiger partial charge in [0.25, 0.3) is 5.91 Å². The van der Waals surface area contributed by atoms with Crippen LogP contribution in [0.15, 0.2) is 12.1 Å². The molecule has 4 nitrogen and oxygen atoms in total. The highest BCUT2D eigenvalue weighted by Gasteiger charge is 2.18. The van der Waals surface area contributed by atoms with Crippen molar-refractivity contribution in [3.8, 4) is 0 Å². The van der Waals surface area contributed by atoms with E-state index in [2.05, 4.69) is 10.6 Å². The number of halogens is 3. The quantitative estimate of drug-likeness (QED) is 0.624. The van der Waals surface area contributed by atoms with E-state index < -0.39 is 28.9 Å². The average molecular weight is 302 g/mol. The molecule has 0 bridgehead atoms. The Hall–Kier alpha value is -2.05. The monoisotopic (exact) mass is 302 g/mol. The molecule has 1 rings (SSSR count). The second kappa shape index (κ2) is 7.66. The molecule has 0 aliphatic carbocycles. The van der Waals surface area contributed by atoms with Gasteiger partial charge in [-0.15, -0.1) is 0 Å². The fraction of sp³-hybridized carbons (Fsp3) is 0.429. The predicted molar refractivity (Wildman–Crippen MR) is 71.1 cm³/mol. The van der Waals surface area contributed by atoms with Crippen molar-refractivity contribution in [1.29, 1.82) is 0 Å². The Morgan fingerprint density at radius 3 is 2.29 bits per heavy atom. The molecule has 0 saturated heterocycles. The summed E-state index contributed by atoms with van der Waals surface area (Å²) in [5.41, 5.74) is -0.581. The van der Waals surface area contributed by atoms with Crippen molar-refractivity contribution in [1.82, 2.24) is 10.6 Å².